The van der Waals surface area contributed by atoms with Gasteiger partial charge in [-0.3, -0.25) is 0 Å². The van der Waals surface area contributed by atoms with Crippen molar-refractivity contribution in [3.8, 4) is 0 Å². The standard InChI is InChI=1S/C10H9F3O3P/c11-10(12,13)8-3-1-2-7(6-8)9-4-5-15-17(14)16-9/h1-3,6,9H,4-5H2/q+1/t9-/m0/s1. The SMILES string of the molecule is O=[P+]1OCC[C@@H](c2cccc(C(F)(F)F)c2)O1. The lowest BCUT2D eigenvalue weighted by molar-refractivity contribution is -0.137. The summed E-state index contributed by atoms with van der Waals surface area (Å²) >= 11 is 0. The highest BCUT2D eigenvalue weighted by Gasteiger charge is 2.36. The van der Waals surface area contributed by atoms with Gasteiger partial charge < -0.3 is 0 Å². The number of halogens is 3. The highest BCUT2D eigenvalue weighted by Crippen LogP contribution is 2.41. The lowest BCUT2D eigenvalue weighted by Crippen LogP contribution is -2.11. The van der Waals surface area contributed by atoms with E-state index in [2.05, 4.69) is 0 Å². The molecule has 1 heterocycles. The van der Waals surface area contributed by atoms with Gasteiger partial charge in [0, 0.05) is 11.0 Å². The number of rotatable bonds is 1. The fourth-order valence-corrected chi connectivity index (χ4v) is 2.31. The largest absolute Gasteiger partial charge is 0.698 e. The Kier molecular flexibility index (Phi) is 3.47. The van der Waals surface area contributed by atoms with Crippen LogP contribution in [0.4, 0.5) is 13.2 Å². The molecule has 1 aliphatic rings. The van der Waals surface area contributed by atoms with Gasteiger partial charge in [0.05, 0.1) is 5.56 Å². The van der Waals surface area contributed by atoms with E-state index in [4.69, 9.17) is 9.05 Å². The zero-order chi connectivity index (χ0) is 12.5. The molecule has 1 aromatic rings. The predicted molar refractivity (Wildman–Crippen MR) is 53.4 cm³/mol. The summed E-state index contributed by atoms with van der Waals surface area (Å²) in [6.07, 6.45) is -4.60. The lowest BCUT2D eigenvalue weighted by atomic mass is 10.0. The first kappa shape index (κ1) is 12.5. The Morgan fingerprint density at radius 3 is 2.76 bits per heavy atom. The third-order valence-corrected chi connectivity index (χ3v) is 3.20. The molecule has 7 heteroatoms. The molecular weight excluding hydrogens is 256 g/mol. The van der Waals surface area contributed by atoms with Crippen LogP contribution in [0.3, 0.4) is 0 Å². The molecule has 0 amide bonds. The third-order valence-electron chi connectivity index (χ3n) is 2.38. The molecule has 0 aromatic heterocycles. The van der Waals surface area contributed by atoms with Crippen molar-refractivity contribution in [3.63, 3.8) is 0 Å². The molecule has 2 rings (SSSR count). The van der Waals surface area contributed by atoms with Crippen molar-refractivity contribution in [1.29, 1.82) is 0 Å². The summed E-state index contributed by atoms with van der Waals surface area (Å²) in [5.41, 5.74) is -0.369. The zero-order valence-corrected chi connectivity index (χ0v) is 9.50. The quantitative estimate of drug-likeness (QED) is 0.723. The number of benzene rings is 1. The minimum Gasteiger partial charge on any atom is -0.166 e. The van der Waals surface area contributed by atoms with Crippen molar-refractivity contribution in [2.24, 2.45) is 0 Å². The molecule has 1 saturated heterocycles. The molecule has 92 valence electrons. The molecule has 0 bridgehead atoms. The molecule has 1 aromatic carbocycles. The van der Waals surface area contributed by atoms with E-state index in [0.29, 0.717) is 12.0 Å². The average molecular weight is 265 g/mol. The van der Waals surface area contributed by atoms with Gasteiger partial charge in [-0.2, -0.15) is 13.2 Å². The summed E-state index contributed by atoms with van der Waals surface area (Å²) in [4.78, 5) is 0. The van der Waals surface area contributed by atoms with E-state index in [1.165, 1.54) is 12.1 Å². The van der Waals surface area contributed by atoms with Gasteiger partial charge in [0.15, 0.2) is 0 Å². The topological polar surface area (TPSA) is 35.5 Å². The highest BCUT2D eigenvalue weighted by molar-refractivity contribution is 7.33. The molecule has 2 atom stereocenters. The van der Waals surface area contributed by atoms with Crippen LogP contribution in [-0.2, 0) is 19.8 Å². The summed E-state index contributed by atoms with van der Waals surface area (Å²) in [5, 5.41) is 0. The highest BCUT2D eigenvalue weighted by atomic mass is 31.1. The van der Waals surface area contributed by atoms with Gasteiger partial charge in [-0.25, -0.2) is 0 Å². The van der Waals surface area contributed by atoms with E-state index < -0.39 is 26.1 Å². The van der Waals surface area contributed by atoms with Crippen LogP contribution < -0.4 is 0 Å². The molecular formula is C10H9F3O3P+. The fraction of sp³-hybridized carbons (Fsp3) is 0.400. The number of hydrogen-bond acceptors (Lipinski definition) is 3. The maximum absolute atomic E-state index is 12.5. The van der Waals surface area contributed by atoms with Crippen LogP contribution >= 0.6 is 8.25 Å². The monoisotopic (exact) mass is 265 g/mol. The minimum atomic E-state index is -4.39. The second-order valence-electron chi connectivity index (χ2n) is 3.56. The van der Waals surface area contributed by atoms with Gasteiger partial charge in [-0.1, -0.05) is 12.1 Å². The van der Waals surface area contributed by atoms with Gasteiger partial charge in [0.25, 0.3) is 0 Å². The predicted octanol–water partition coefficient (Wildman–Crippen LogP) is 3.84. The average Bonchev–Trinajstić information content (AvgIpc) is 2.28. The van der Waals surface area contributed by atoms with Gasteiger partial charge in [-0.05, 0) is 17.7 Å². The first-order valence-corrected chi connectivity index (χ1v) is 6.00. The summed E-state index contributed by atoms with van der Waals surface area (Å²) in [6.45, 7) is 0.218. The van der Waals surface area contributed by atoms with Gasteiger partial charge >= 0.3 is 14.4 Å². The molecule has 1 aliphatic heterocycles. The molecule has 0 saturated carbocycles. The van der Waals surface area contributed by atoms with Crippen LogP contribution in [0.5, 0.6) is 0 Å². The van der Waals surface area contributed by atoms with Crippen molar-refractivity contribution >= 4 is 8.25 Å². The normalized spacial score (nSPS) is 23.7. The van der Waals surface area contributed by atoms with Crippen molar-refractivity contribution in [1.82, 2.24) is 0 Å². The van der Waals surface area contributed by atoms with E-state index in [-0.39, 0.29) is 6.61 Å². The molecule has 1 unspecified atom stereocenters. The van der Waals surface area contributed by atoms with Crippen molar-refractivity contribution in [3.05, 3.63) is 35.4 Å². The smallest absolute Gasteiger partial charge is 0.166 e. The van der Waals surface area contributed by atoms with Gasteiger partial charge in [0.1, 0.15) is 12.7 Å². The molecule has 17 heavy (non-hydrogen) atoms. The molecule has 0 radical (unpaired) electrons. The van der Waals surface area contributed by atoms with Crippen molar-refractivity contribution in [2.45, 2.75) is 18.7 Å². The van der Waals surface area contributed by atoms with Crippen LogP contribution in [0.1, 0.15) is 23.7 Å². The van der Waals surface area contributed by atoms with Crippen LogP contribution in [0.15, 0.2) is 24.3 Å². The second kappa shape index (κ2) is 4.72. The van der Waals surface area contributed by atoms with E-state index in [1.807, 2.05) is 0 Å². The van der Waals surface area contributed by atoms with E-state index >= 15 is 0 Å². The van der Waals surface area contributed by atoms with E-state index in [9.17, 15) is 17.7 Å². The summed E-state index contributed by atoms with van der Waals surface area (Å²) < 4.78 is 58.1. The van der Waals surface area contributed by atoms with Gasteiger partial charge in [0.2, 0.25) is 0 Å². The minimum absolute atomic E-state index is 0.218. The van der Waals surface area contributed by atoms with Crippen molar-refractivity contribution in [2.75, 3.05) is 6.61 Å². The number of hydrogen-bond donors (Lipinski definition) is 0. The van der Waals surface area contributed by atoms with E-state index in [0.717, 1.165) is 12.1 Å². The Labute approximate surface area is 96.5 Å². The molecule has 3 nitrogen and oxygen atoms in total. The van der Waals surface area contributed by atoms with Crippen LogP contribution in [0, 0.1) is 0 Å². The maximum atomic E-state index is 12.5. The van der Waals surface area contributed by atoms with Crippen LogP contribution in [-0.4, -0.2) is 6.61 Å². The Bertz CT molecular complexity index is 433. The first-order chi connectivity index (χ1) is 7.97. The summed E-state index contributed by atoms with van der Waals surface area (Å²) in [7, 11) is -2.22. The van der Waals surface area contributed by atoms with Crippen molar-refractivity contribution < 1.29 is 26.8 Å². The number of alkyl halides is 3. The second-order valence-corrected chi connectivity index (χ2v) is 4.48. The molecule has 1 fully saturated rings. The fourth-order valence-electron chi connectivity index (χ4n) is 1.56. The summed E-state index contributed by atoms with van der Waals surface area (Å²) in [6, 6.07) is 4.83. The third kappa shape index (κ3) is 3.03. The molecule has 0 aliphatic carbocycles. The lowest BCUT2D eigenvalue weighted by Gasteiger charge is -2.15. The first-order valence-electron chi connectivity index (χ1n) is 4.91. The maximum Gasteiger partial charge on any atom is 0.698 e. The molecule has 0 spiro atoms. The summed E-state index contributed by atoms with van der Waals surface area (Å²) in [5.74, 6) is 0. The Morgan fingerprint density at radius 1 is 1.35 bits per heavy atom. The van der Waals surface area contributed by atoms with Gasteiger partial charge in [-0.15, -0.1) is 9.05 Å². The Morgan fingerprint density at radius 2 is 2.12 bits per heavy atom. The Hall–Kier alpha value is -0.970. The van der Waals surface area contributed by atoms with Crippen LogP contribution in [0.2, 0.25) is 0 Å². The molecule has 0 N–H and O–H groups in total. The van der Waals surface area contributed by atoms with Crippen LogP contribution in [0.25, 0.3) is 0 Å². The zero-order valence-electron chi connectivity index (χ0n) is 8.61. The Balaban J connectivity index is 2.24. The van der Waals surface area contributed by atoms with E-state index in [1.54, 1.807) is 0 Å².